The van der Waals surface area contributed by atoms with E-state index in [4.69, 9.17) is 4.74 Å². The van der Waals surface area contributed by atoms with Gasteiger partial charge in [0.25, 0.3) is 0 Å². The smallest absolute Gasteiger partial charge is 0.0876 e. The highest BCUT2D eigenvalue weighted by Gasteiger charge is 2.21. The maximum absolute atomic E-state index is 9.77. The van der Waals surface area contributed by atoms with Crippen molar-refractivity contribution in [1.29, 1.82) is 0 Å². The van der Waals surface area contributed by atoms with Gasteiger partial charge in [-0.25, -0.2) is 0 Å². The zero-order valence-corrected chi connectivity index (χ0v) is 11.1. The summed E-state index contributed by atoms with van der Waals surface area (Å²) >= 11 is 0. The summed E-state index contributed by atoms with van der Waals surface area (Å²) in [7, 11) is 0. The number of hydrogen-bond acceptors (Lipinski definition) is 2. The van der Waals surface area contributed by atoms with Crippen LogP contribution in [0.1, 0.15) is 45.6 Å². The van der Waals surface area contributed by atoms with Gasteiger partial charge >= 0.3 is 0 Å². The molecule has 2 heteroatoms. The van der Waals surface area contributed by atoms with E-state index in [1.54, 1.807) is 0 Å². The molecule has 0 radical (unpaired) electrons. The molecule has 0 heterocycles. The Balaban J connectivity index is 2.45. The minimum absolute atomic E-state index is 0.339. The van der Waals surface area contributed by atoms with Crippen molar-refractivity contribution in [3.63, 3.8) is 0 Å². The minimum Gasteiger partial charge on any atom is -0.391 e. The lowest BCUT2D eigenvalue weighted by molar-refractivity contribution is -0.0650. The quantitative estimate of drug-likeness (QED) is 0.785. The maximum Gasteiger partial charge on any atom is 0.0876 e. The Labute approximate surface area is 105 Å². The van der Waals surface area contributed by atoms with Crippen molar-refractivity contribution >= 4 is 0 Å². The van der Waals surface area contributed by atoms with E-state index in [9.17, 15) is 5.11 Å². The zero-order chi connectivity index (χ0) is 12.7. The first kappa shape index (κ1) is 14.2. The van der Waals surface area contributed by atoms with Crippen molar-refractivity contribution in [3.05, 3.63) is 35.9 Å². The summed E-state index contributed by atoms with van der Waals surface area (Å²) in [4.78, 5) is 0. The summed E-state index contributed by atoms with van der Waals surface area (Å²) in [5.74, 6) is 0. The van der Waals surface area contributed by atoms with Crippen LogP contribution in [-0.4, -0.2) is 17.8 Å². The molecule has 0 amide bonds. The van der Waals surface area contributed by atoms with Crippen molar-refractivity contribution in [2.45, 2.75) is 51.7 Å². The predicted molar refractivity (Wildman–Crippen MR) is 71.0 cm³/mol. The van der Waals surface area contributed by atoms with E-state index >= 15 is 0 Å². The van der Waals surface area contributed by atoms with Crippen LogP contribution in [0.4, 0.5) is 0 Å². The maximum atomic E-state index is 9.77. The molecule has 2 nitrogen and oxygen atoms in total. The largest absolute Gasteiger partial charge is 0.391 e. The number of benzene rings is 1. The van der Waals surface area contributed by atoms with Gasteiger partial charge in [0.15, 0.2) is 0 Å². The number of aliphatic hydroxyl groups is 1. The fourth-order valence-electron chi connectivity index (χ4n) is 1.75. The molecule has 0 saturated heterocycles. The van der Waals surface area contributed by atoms with Crippen molar-refractivity contribution < 1.29 is 9.84 Å². The SMILES string of the molecule is CCCCC(O)COC(C)(C)c1ccccc1. The fourth-order valence-corrected chi connectivity index (χ4v) is 1.75. The molecule has 0 aliphatic carbocycles. The van der Waals surface area contributed by atoms with E-state index in [1.165, 1.54) is 0 Å². The third kappa shape index (κ3) is 4.88. The normalized spacial score (nSPS) is 13.6. The first-order valence-corrected chi connectivity index (χ1v) is 6.44. The molecule has 0 spiro atoms. The second kappa shape index (κ2) is 6.77. The van der Waals surface area contributed by atoms with Crippen LogP contribution in [-0.2, 0) is 10.3 Å². The first-order chi connectivity index (χ1) is 8.06. The Morgan fingerprint density at radius 1 is 1.24 bits per heavy atom. The van der Waals surface area contributed by atoms with E-state index in [1.807, 2.05) is 32.0 Å². The Kier molecular flexibility index (Phi) is 5.66. The Bertz CT molecular complexity index is 306. The monoisotopic (exact) mass is 236 g/mol. The van der Waals surface area contributed by atoms with E-state index in [0.717, 1.165) is 24.8 Å². The molecule has 1 rings (SSSR count). The second-order valence-corrected chi connectivity index (χ2v) is 4.98. The van der Waals surface area contributed by atoms with Gasteiger partial charge in [-0.05, 0) is 25.8 Å². The van der Waals surface area contributed by atoms with Gasteiger partial charge in [-0.2, -0.15) is 0 Å². The number of ether oxygens (including phenoxy) is 1. The van der Waals surface area contributed by atoms with Crippen molar-refractivity contribution in [2.75, 3.05) is 6.61 Å². The number of hydrogen-bond donors (Lipinski definition) is 1. The van der Waals surface area contributed by atoms with Gasteiger partial charge in [0.1, 0.15) is 0 Å². The molecule has 1 atom stereocenters. The Hall–Kier alpha value is -0.860. The summed E-state index contributed by atoms with van der Waals surface area (Å²) in [6, 6.07) is 10.1. The van der Waals surface area contributed by atoms with E-state index < -0.39 is 0 Å². The van der Waals surface area contributed by atoms with Gasteiger partial charge in [-0.15, -0.1) is 0 Å². The van der Waals surface area contributed by atoms with Crippen LogP contribution in [0.25, 0.3) is 0 Å². The molecule has 0 aliphatic rings. The highest BCUT2D eigenvalue weighted by atomic mass is 16.5. The molecule has 0 fully saturated rings. The molecule has 0 bridgehead atoms. The fraction of sp³-hybridized carbons (Fsp3) is 0.600. The molecule has 1 aromatic carbocycles. The summed E-state index contributed by atoms with van der Waals surface area (Å²) in [5, 5.41) is 9.77. The summed E-state index contributed by atoms with van der Waals surface area (Å²) in [6.07, 6.45) is 2.63. The average molecular weight is 236 g/mol. The highest BCUT2D eigenvalue weighted by molar-refractivity contribution is 5.20. The van der Waals surface area contributed by atoms with Crippen LogP contribution in [0.2, 0.25) is 0 Å². The average Bonchev–Trinajstić information content (AvgIpc) is 2.35. The molecular formula is C15H24O2. The van der Waals surface area contributed by atoms with Gasteiger partial charge in [-0.3, -0.25) is 0 Å². The van der Waals surface area contributed by atoms with Crippen molar-refractivity contribution in [1.82, 2.24) is 0 Å². The standard InChI is InChI=1S/C15H24O2/c1-4-5-11-14(16)12-17-15(2,3)13-9-7-6-8-10-13/h6-10,14,16H,4-5,11-12H2,1-3H3. The van der Waals surface area contributed by atoms with E-state index in [2.05, 4.69) is 19.1 Å². The number of aliphatic hydroxyl groups excluding tert-OH is 1. The lowest BCUT2D eigenvalue weighted by Gasteiger charge is -2.27. The third-order valence-corrected chi connectivity index (χ3v) is 3.00. The van der Waals surface area contributed by atoms with E-state index in [0.29, 0.717) is 6.61 Å². The van der Waals surface area contributed by atoms with Gasteiger partial charge in [-0.1, -0.05) is 50.1 Å². The molecule has 17 heavy (non-hydrogen) atoms. The van der Waals surface area contributed by atoms with Crippen molar-refractivity contribution in [2.24, 2.45) is 0 Å². The molecular weight excluding hydrogens is 212 g/mol. The second-order valence-electron chi connectivity index (χ2n) is 4.98. The van der Waals surface area contributed by atoms with Crippen LogP contribution < -0.4 is 0 Å². The molecule has 1 N–H and O–H groups in total. The minimum atomic E-state index is -0.349. The summed E-state index contributed by atoms with van der Waals surface area (Å²) in [6.45, 7) is 6.60. The molecule has 1 unspecified atom stereocenters. The van der Waals surface area contributed by atoms with Crippen LogP contribution in [0.5, 0.6) is 0 Å². The van der Waals surface area contributed by atoms with Gasteiger partial charge in [0.05, 0.1) is 18.3 Å². The predicted octanol–water partition coefficient (Wildman–Crippen LogP) is 3.49. The van der Waals surface area contributed by atoms with Crippen LogP contribution >= 0.6 is 0 Å². The Morgan fingerprint density at radius 3 is 2.47 bits per heavy atom. The topological polar surface area (TPSA) is 29.5 Å². The van der Waals surface area contributed by atoms with Crippen LogP contribution in [0.15, 0.2) is 30.3 Å². The molecule has 0 saturated carbocycles. The van der Waals surface area contributed by atoms with E-state index in [-0.39, 0.29) is 11.7 Å². The number of rotatable bonds is 7. The first-order valence-electron chi connectivity index (χ1n) is 6.44. The summed E-state index contributed by atoms with van der Waals surface area (Å²) in [5.41, 5.74) is 0.803. The number of unbranched alkanes of at least 4 members (excludes halogenated alkanes) is 1. The molecule has 1 aromatic rings. The molecule has 96 valence electrons. The van der Waals surface area contributed by atoms with Gasteiger partial charge in [0.2, 0.25) is 0 Å². The van der Waals surface area contributed by atoms with Gasteiger partial charge < -0.3 is 9.84 Å². The lowest BCUT2D eigenvalue weighted by atomic mass is 9.98. The highest BCUT2D eigenvalue weighted by Crippen LogP contribution is 2.24. The third-order valence-electron chi connectivity index (χ3n) is 3.00. The van der Waals surface area contributed by atoms with Crippen LogP contribution in [0, 0.1) is 0 Å². The van der Waals surface area contributed by atoms with Gasteiger partial charge in [0, 0.05) is 0 Å². The van der Waals surface area contributed by atoms with Crippen molar-refractivity contribution in [3.8, 4) is 0 Å². The molecule has 0 aromatic heterocycles. The lowest BCUT2D eigenvalue weighted by Crippen LogP contribution is -2.27. The zero-order valence-electron chi connectivity index (χ0n) is 11.1. The summed E-state index contributed by atoms with van der Waals surface area (Å²) < 4.78 is 5.82. The Morgan fingerprint density at radius 2 is 1.88 bits per heavy atom. The molecule has 0 aliphatic heterocycles. The van der Waals surface area contributed by atoms with Crippen LogP contribution in [0.3, 0.4) is 0 Å².